The van der Waals surface area contributed by atoms with Crippen molar-refractivity contribution in [2.75, 3.05) is 5.73 Å². The van der Waals surface area contributed by atoms with Crippen LogP contribution < -0.4 is 5.73 Å². The number of hydrogen-bond acceptors (Lipinski definition) is 2. The fraction of sp³-hybridized carbons (Fsp3) is 0.308. The van der Waals surface area contributed by atoms with Crippen molar-refractivity contribution in [1.82, 2.24) is 4.98 Å². The highest BCUT2D eigenvalue weighted by Crippen LogP contribution is 2.19. The Hall–Kier alpha value is -1.57. The molecule has 0 saturated heterocycles. The van der Waals surface area contributed by atoms with Gasteiger partial charge in [0.1, 0.15) is 0 Å². The van der Waals surface area contributed by atoms with E-state index in [4.69, 9.17) is 5.73 Å². The number of benzene rings is 1. The van der Waals surface area contributed by atoms with Gasteiger partial charge in [0.25, 0.3) is 0 Å². The molecule has 1 aromatic carbocycles. The zero-order chi connectivity index (χ0) is 10.7. The number of para-hydroxylation sites is 1. The summed E-state index contributed by atoms with van der Waals surface area (Å²) in [5.41, 5.74) is 8.82. The Balaban J connectivity index is 2.39. The first-order chi connectivity index (χ1) is 7.31. The number of rotatable bonds is 3. The zero-order valence-electron chi connectivity index (χ0n) is 9.03. The Bertz CT molecular complexity index is 463. The predicted octanol–water partition coefficient (Wildman–Crippen LogP) is 3.16. The van der Waals surface area contributed by atoms with Gasteiger partial charge >= 0.3 is 0 Å². The van der Waals surface area contributed by atoms with Crippen LogP contribution in [-0.4, -0.2) is 4.98 Å². The van der Waals surface area contributed by atoms with Gasteiger partial charge in [0.05, 0.1) is 11.2 Å². The van der Waals surface area contributed by atoms with Crippen LogP contribution in [0.5, 0.6) is 0 Å². The molecule has 2 N–H and O–H groups in total. The molecular weight excluding hydrogens is 184 g/mol. The van der Waals surface area contributed by atoms with Gasteiger partial charge in [0, 0.05) is 11.6 Å². The van der Waals surface area contributed by atoms with E-state index in [0.717, 1.165) is 23.0 Å². The lowest BCUT2D eigenvalue weighted by Gasteiger charge is -2.04. The molecule has 0 spiro atoms. The van der Waals surface area contributed by atoms with E-state index >= 15 is 0 Å². The molecule has 1 aromatic heterocycles. The van der Waals surface area contributed by atoms with Gasteiger partial charge in [-0.3, -0.25) is 4.98 Å². The average Bonchev–Trinajstić information content (AvgIpc) is 2.26. The molecule has 0 fully saturated rings. The molecule has 0 aliphatic heterocycles. The third-order valence-corrected chi connectivity index (χ3v) is 2.62. The highest BCUT2D eigenvalue weighted by Gasteiger charge is 2.00. The number of nitrogens with two attached hydrogens (primary N) is 1. The van der Waals surface area contributed by atoms with Gasteiger partial charge in [-0.2, -0.15) is 0 Å². The summed E-state index contributed by atoms with van der Waals surface area (Å²) in [6.45, 7) is 2.20. The topological polar surface area (TPSA) is 38.9 Å². The molecule has 78 valence electrons. The van der Waals surface area contributed by atoms with Gasteiger partial charge in [-0.05, 0) is 30.5 Å². The van der Waals surface area contributed by atoms with Crippen molar-refractivity contribution in [1.29, 1.82) is 0 Å². The van der Waals surface area contributed by atoms with Gasteiger partial charge < -0.3 is 5.73 Å². The number of fused-ring (bicyclic) bond motifs is 1. The average molecular weight is 200 g/mol. The van der Waals surface area contributed by atoms with Crippen LogP contribution in [0.1, 0.15) is 25.3 Å². The maximum atomic E-state index is 5.84. The van der Waals surface area contributed by atoms with Crippen molar-refractivity contribution in [3.05, 3.63) is 36.0 Å². The summed E-state index contributed by atoms with van der Waals surface area (Å²) in [5, 5.41) is 1.14. The minimum atomic E-state index is 0.759. The van der Waals surface area contributed by atoms with Gasteiger partial charge in [-0.25, -0.2) is 0 Å². The van der Waals surface area contributed by atoms with E-state index in [1.807, 2.05) is 18.3 Å². The fourth-order valence-corrected chi connectivity index (χ4v) is 1.75. The van der Waals surface area contributed by atoms with E-state index in [1.54, 1.807) is 0 Å². The first-order valence-electron chi connectivity index (χ1n) is 5.44. The number of aryl methyl sites for hydroxylation is 1. The van der Waals surface area contributed by atoms with Crippen LogP contribution in [0, 0.1) is 0 Å². The second-order valence-corrected chi connectivity index (χ2v) is 3.87. The summed E-state index contributed by atoms with van der Waals surface area (Å²) in [5.74, 6) is 0. The van der Waals surface area contributed by atoms with Crippen LogP contribution in [0.4, 0.5) is 5.69 Å². The van der Waals surface area contributed by atoms with Gasteiger partial charge in [-0.1, -0.05) is 25.5 Å². The lowest BCUT2D eigenvalue weighted by molar-refractivity contribution is 0.793. The number of hydrogen-bond donors (Lipinski definition) is 1. The van der Waals surface area contributed by atoms with E-state index in [9.17, 15) is 0 Å². The Morgan fingerprint density at radius 3 is 3.00 bits per heavy atom. The number of anilines is 1. The largest absolute Gasteiger partial charge is 0.397 e. The molecule has 0 aliphatic rings. The molecule has 2 nitrogen and oxygen atoms in total. The Morgan fingerprint density at radius 2 is 2.20 bits per heavy atom. The molecule has 0 saturated carbocycles. The molecule has 0 aliphatic carbocycles. The predicted molar refractivity (Wildman–Crippen MR) is 64.8 cm³/mol. The van der Waals surface area contributed by atoms with E-state index in [0.29, 0.717) is 0 Å². The standard InChI is InChI=1S/C13H16N2/c1-2-3-5-10-8-11-6-4-7-12(14)13(11)15-9-10/h4,6-9H,2-3,5,14H2,1H3. The van der Waals surface area contributed by atoms with Gasteiger partial charge in [0.15, 0.2) is 0 Å². The maximum Gasteiger partial charge on any atom is 0.0931 e. The summed E-state index contributed by atoms with van der Waals surface area (Å²) in [4.78, 5) is 4.41. The minimum Gasteiger partial charge on any atom is -0.397 e. The minimum absolute atomic E-state index is 0.759. The second kappa shape index (κ2) is 4.30. The second-order valence-electron chi connectivity index (χ2n) is 3.87. The van der Waals surface area contributed by atoms with Crippen molar-refractivity contribution in [2.45, 2.75) is 26.2 Å². The molecular formula is C13H16N2. The van der Waals surface area contributed by atoms with Crippen LogP contribution in [0.25, 0.3) is 10.9 Å². The molecule has 2 heteroatoms. The van der Waals surface area contributed by atoms with Crippen molar-refractivity contribution in [3.63, 3.8) is 0 Å². The summed E-state index contributed by atoms with van der Waals surface area (Å²) in [6.07, 6.45) is 5.48. The number of nitrogen functional groups attached to an aromatic ring is 1. The molecule has 0 amide bonds. The molecule has 2 rings (SSSR count). The quantitative estimate of drug-likeness (QED) is 0.773. The zero-order valence-corrected chi connectivity index (χ0v) is 9.03. The van der Waals surface area contributed by atoms with E-state index in [2.05, 4.69) is 24.0 Å². The lowest BCUT2D eigenvalue weighted by Crippen LogP contribution is -1.92. The summed E-state index contributed by atoms with van der Waals surface area (Å²) < 4.78 is 0. The highest BCUT2D eigenvalue weighted by atomic mass is 14.7. The van der Waals surface area contributed by atoms with E-state index in [1.165, 1.54) is 18.4 Å². The van der Waals surface area contributed by atoms with Crippen LogP contribution in [0.15, 0.2) is 30.5 Å². The van der Waals surface area contributed by atoms with E-state index in [-0.39, 0.29) is 0 Å². The monoisotopic (exact) mass is 200 g/mol. The van der Waals surface area contributed by atoms with Crippen molar-refractivity contribution < 1.29 is 0 Å². The van der Waals surface area contributed by atoms with E-state index < -0.39 is 0 Å². The summed E-state index contributed by atoms with van der Waals surface area (Å²) in [7, 11) is 0. The first kappa shape index (κ1) is 9.97. The SMILES string of the molecule is CCCCc1cnc2c(N)cccc2c1. The van der Waals surface area contributed by atoms with Crippen molar-refractivity contribution >= 4 is 16.6 Å². The normalized spacial score (nSPS) is 10.7. The number of unbranched alkanes of at least 4 members (excludes halogenated alkanes) is 1. The Morgan fingerprint density at radius 1 is 1.33 bits per heavy atom. The molecule has 0 radical (unpaired) electrons. The fourth-order valence-electron chi connectivity index (χ4n) is 1.75. The first-order valence-corrected chi connectivity index (χ1v) is 5.44. The van der Waals surface area contributed by atoms with Gasteiger partial charge in [0.2, 0.25) is 0 Å². The maximum absolute atomic E-state index is 5.84. The molecule has 0 atom stereocenters. The van der Waals surface area contributed by atoms with Crippen molar-refractivity contribution in [2.24, 2.45) is 0 Å². The number of pyridine rings is 1. The van der Waals surface area contributed by atoms with Gasteiger partial charge in [-0.15, -0.1) is 0 Å². The Labute approximate surface area is 90.1 Å². The smallest absolute Gasteiger partial charge is 0.0931 e. The van der Waals surface area contributed by atoms with Crippen LogP contribution in [0.3, 0.4) is 0 Å². The number of aromatic nitrogens is 1. The summed E-state index contributed by atoms with van der Waals surface area (Å²) in [6, 6.07) is 8.12. The highest BCUT2D eigenvalue weighted by molar-refractivity contribution is 5.89. The molecule has 2 aromatic rings. The molecule has 15 heavy (non-hydrogen) atoms. The Kier molecular flexibility index (Phi) is 2.86. The van der Waals surface area contributed by atoms with Crippen molar-refractivity contribution in [3.8, 4) is 0 Å². The molecule has 1 heterocycles. The number of nitrogens with zero attached hydrogens (tertiary/aromatic N) is 1. The molecule has 0 unspecified atom stereocenters. The third kappa shape index (κ3) is 2.09. The lowest BCUT2D eigenvalue weighted by atomic mass is 10.1. The van der Waals surface area contributed by atoms with Crippen LogP contribution in [-0.2, 0) is 6.42 Å². The summed E-state index contributed by atoms with van der Waals surface area (Å²) >= 11 is 0. The third-order valence-electron chi connectivity index (χ3n) is 2.62. The van der Waals surface area contributed by atoms with Crippen LogP contribution >= 0.6 is 0 Å². The van der Waals surface area contributed by atoms with Crippen LogP contribution in [0.2, 0.25) is 0 Å². The molecule has 0 bridgehead atoms.